The fraction of sp³-hybridized carbons (Fsp3) is 0.136. The van der Waals surface area contributed by atoms with Crippen LogP contribution in [0.4, 0.5) is 15.8 Å². The van der Waals surface area contributed by atoms with Gasteiger partial charge in [-0.15, -0.1) is 0 Å². The molecule has 0 bridgehead atoms. The fourth-order valence-electron chi connectivity index (χ4n) is 2.95. The van der Waals surface area contributed by atoms with E-state index in [0.717, 1.165) is 0 Å². The number of sulfonamides is 1. The number of carbonyl (C=O) groups is 1. The van der Waals surface area contributed by atoms with Crippen molar-refractivity contribution in [1.29, 1.82) is 0 Å². The van der Waals surface area contributed by atoms with Crippen molar-refractivity contribution in [3.05, 3.63) is 83.7 Å². The average molecular weight is 428 g/mol. The highest BCUT2D eigenvalue weighted by Gasteiger charge is 2.23. The maximum atomic E-state index is 13.3. The summed E-state index contributed by atoms with van der Waals surface area (Å²) in [5, 5.41) is 2.62. The van der Waals surface area contributed by atoms with Crippen LogP contribution in [0.3, 0.4) is 0 Å². The lowest BCUT2D eigenvalue weighted by Gasteiger charge is -2.22. The standard InChI is InChI=1S/C22H21FN2O4S/c1-15-13-16(22(26)24-18-6-4-5-17(23)14-18)7-12-21(15)25(2)30(27,28)20-10-8-19(29-3)9-11-20/h4-14H,1-3H3,(H,24,26). The zero-order valence-corrected chi connectivity index (χ0v) is 17.5. The van der Waals surface area contributed by atoms with Gasteiger partial charge in [0.2, 0.25) is 0 Å². The number of amides is 1. The number of nitrogens with one attached hydrogen (secondary N) is 1. The van der Waals surface area contributed by atoms with Crippen LogP contribution >= 0.6 is 0 Å². The molecule has 3 aromatic carbocycles. The normalized spacial score (nSPS) is 11.1. The van der Waals surface area contributed by atoms with E-state index in [1.54, 1.807) is 37.3 Å². The molecular formula is C22H21FN2O4S. The summed E-state index contributed by atoms with van der Waals surface area (Å²) in [6.07, 6.45) is 0. The number of ether oxygens (including phenoxy) is 1. The van der Waals surface area contributed by atoms with Crippen LogP contribution in [0.25, 0.3) is 0 Å². The van der Waals surface area contributed by atoms with Crippen molar-refractivity contribution in [2.24, 2.45) is 0 Å². The highest BCUT2D eigenvalue weighted by molar-refractivity contribution is 7.92. The van der Waals surface area contributed by atoms with Gasteiger partial charge in [0.25, 0.3) is 15.9 Å². The summed E-state index contributed by atoms with van der Waals surface area (Å²) >= 11 is 0. The van der Waals surface area contributed by atoms with Crippen molar-refractivity contribution in [2.75, 3.05) is 23.8 Å². The molecule has 0 saturated carbocycles. The summed E-state index contributed by atoms with van der Waals surface area (Å²) in [5.41, 5.74) is 1.70. The van der Waals surface area contributed by atoms with Gasteiger partial charge in [0.15, 0.2) is 0 Å². The van der Waals surface area contributed by atoms with E-state index in [9.17, 15) is 17.6 Å². The Kier molecular flexibility index (Phi) is 6.07. The molecule has 1 N–H and O–H groups in total. The average Bonchev–Trinajstić information content (AvgIpc) is 2.73. The van der Waals surface area contributed by atoms with E-state index in [1.165, 1.54) is 54.9 Å². The monoisotopic (exact) mass is 428 g/mol. The van der Waals surface area contributed by atoms with Gasteiger partial charge in [0.1, 0.15) is 11.6 Å². The molecule has 6 nitrogen and oxygen atoms in total. The second-order valence-electron chi connectivity index (χ2n) is 6.61. The SMILES string of the molecule is COc1ccc(S(=O)(=O)N(C)c2ccc(C(=O)Nc3cccc(F)c3)cc2C)cc1. The van der Waals surface area contributed by atoms with E-state index in [1.807, 2.05) is 0 Å². The smallest absolute Gasteiger partial charge is 0.264 e. The molecular weight excluding hydrogens is 407 g/mol. The number of hydrogen-bond acceptors (Lipinski definition) is 4. The number of hydrogen-bond donors (Lipinski definition) is 1. The zero-order chi connectivity index (χ0) is 21.9. The predicted molar refractivity (Wildman–Crippen MR) is 114 cm³/mol. The number of aryl methyl sites for hydroxylation is 1. The maximum Gasteiger partial charge on any atom is 0.264 e. The largest absolute Gasteiger partial charge is 0.497 e. The Labute approximate surface area is 175 Å². The maximum absolute atomic E-state index is 13.3. The Morgan fingerprint density at radius 1 is 1.03 bits per heavy atom. The summed E-state index contributed by atoms with van der Waals surface area (Å²) in [4.78, 5) is 12.6. The molecule has 0 heterocycles. The molecule has 0 atom stereocenters. The molecule has 0 spiro atoms. The van der Waals surface area contributed by atoms with Gasteiger partial charge in [0, 0.05) is 18.3 Å². The number of rotatable bonds is 6. The van der Waals surface area contributed by atoms with Gasteiger partial charge in [-0.25, -0.2) is 12.8 Å². The van der Waals surface area contributed by atoms with Gasteiger partial charge in [-0.3, -0.25) is 9.10 Å². The van der Waals surface area contributed by atoms with E-state index < -0.39 is 21.7 Å². The molecule has 0 saturated heterocycles. The fourth-order valence-corrected chi connectivity index (χ4v) is 4.21. The van der Waals surface area contributed by atoms with Gasteiger partial charge in [-0.05, 0) is 73.2 Å². The molecule has 3 aromatic rings. The lowest BCUT2D eigenvalue weighted by atomic mass is 10.1. The number of carbonyl (C=O) groups excluding carboxylic acids is 1. The van der Waals surface area contributed by atoms with Crippen molar-refractivity contribution in [2.45, 2.75) is 11.8 Å². The third kappa shape index (κ3) is 4.44. The van der Waals surface area contributed by atoms with E-state index >= 15 is 0 Å². The van der Waals surface area contributed by atoms with Gasteiger partial charge in [-0.2, -0.15) is 0 Å². The van der Waals surface area contributed by atoms with Crippen LogP contribution in [-0.2, 0) is 10.0 Å². The van der Waals surface area contributed by atoms with Crippen molar-refractivity contribution >= 4 is 27.3 Å². The first-order valence-corrected chi connectivity index (χ1v) is 10.5. The van der Waals surface area contributed by atoms with Crippen molar-refractivity contribution in [3.8, 4) is 5.75 Å². The Hall–Kier alpha value is -3.39. The first-order chi connectivity index (χ1) is 14.2. The van der Waals surface area contributed by atoms with Crippen molar-refractivity contribution in [1.82, 2.24) is 0 Å². The minimum atomic E-state index is -3.79. The number of anilines is 2. The molecule has 0 radical (unpaired) electrons. The van der Waals surface area contributed by atoms with Crippen LogP contribution in [0.15, 0.2) is 71.6 Å². The molecule has 0 aliphatic carbocycles. The lowest BCUT2D eigenvalue weighted by Crippen LogP contribution is -2.27. The van der Waals surface area contributed by atoms with Crippen LogP contribution in [0.2, 0.25) is 0 Å². The highest BCUT2D eigenvalue weighted by atomic mass is 32.2. The minimum absolute atomic E-state index is 0.123. The second-order valence-corrected chi connectivity index (χ2v) is 8.58. The predicted octanol–water partition coefficient (Wildman–Crippen LogP) is 4.22. The van der Waals surface area contributed by atoms with E-state index in [-0.39, 0.29) is 4.90 Å². The third-order valence-corrected chi connectivity index (χ3v) is 6.38. The molecule has 0 unspecified atom stereocenters. The number of benzene rings is 3. The van der Waals surface area contributed by atoms with Crippen LogP contribution in [0.5, 0.6) is 5.75 Å². The topological polar surface area (TPSA) is 75.7 Å². The Morgan fingerprint density at radius 3 is 2.33 bits per heavy atom. The van der Waals surface area contributed by atoms with Gasteiger partial charge in [-0.1, -0.05) is 6.07 Å². The molecule has 1 amide bonds. The summed E-state index contributed by atoms with van der Waals surface area (Å²) in [6.45, 7) is 1.72. The first kappa shape index (κ1) is 21.3. The number of halogens is 1. The number of nitrogens with zero attached hydrogens (tertiary/aromatic N) is 1. The molecule has 0 aliphatic rings. The molecule has 8 heteroatoms. The Bertz CT molecular complexity index is 1180. The Morgan fingerprint density at radius 2 is 1.73 bits per heavy atom. The molecule has 0 fully saturated rings. The van der Waals surface area contributed by atoms with Crippen LogP contribution in [0, 0.1) is 12.7 Å². The third-order valence-electron chi connectivity index (χ3n) is 4.60. The molecule has 156 valence electrons. The first-order valence-electron chi connectivity index (χ1n) is 9.03. The minimum Gasteiger partial charge on any atom is -0.497 e. The number of methoxy groups -OCH3 is 1. The van der Waals surface area contributed by atoms with Crippen LogP contribution < -0.4 is 14.4 Å². The lowest BCUT2D eigenvalue weighted by molar-refractivity contribution is 0.102. The molecule has 3 rings (SSSR count). The van der Waals surface area contributed by atoms with Crippen LogP contribution in [0.1, 0.15) is 15.9 Å². The van der Waals surface area contributed by atoms with Crippen molar-refractivity contribution < 1.29 is 22.3 Å². The quantitative estimate of drug-likeness (QED) is 0.638. The molecule has 30 heavy (non-hydrogen) atoms. The van der Waals surface area contributed by atoms with Gasteiger partial charge < -0.3 is 10.1 Å². The van der Waals surface area contributed by atoms with Gasteiger partial charge in [0.05, 0.1) is 17.7 Å². The molecule has 0 aromatic heterocycles. The van der Waals surface area contributed by atoms with Gasteiger partial charge >= 0.3 is 0 Å². The molecule has 0 aliphatic heterocycles. The van der Waals surface area contributed by atoms with E-state index in [4.69, 9.17) is 4.74 Å². The summed E-state index contributed by atoms with van der Waals surface area (Å²) in [6, 6.07) is 16.4. The second kappa shape index (κ2) is 8.54. The summed E-state index contributed by atoms with van der Waals surface area (Å²) in [5.74, 6) is -0.318. The van der Waals surface area contributed by atoms with E-state index in [2.05, 4.69) is 5.32 Å². The Balaban J connectivity index is 1.83. The zero-order valence-electron chi connectivity index (χ0n) is 16.7. The highest BCUT2D eigenvalue weighted by Crippen LogP contribution is 2.27. The summed E-state index contributed by atoms with van der Waals surface area (Å²) < 4.78 is 45.4. The summed E-state index contributed by atoms with van der Waals surface area (Å²) in [7, 11) is -0.833. The van der Waals surface area contributed by atoms with Crippen LogP contribution in [-0.4, -0.2) is 28.5 Å². The van der Waals surface area contributed by atoms with Crippen molar-refractivity contribution in [3.63, 3.8) is 0 Å². The van der Waals surface area contributed by atoms with E-state index in [0.29, 0.717) is 28.3 Å².